The highest BCUT2D eigenvalue weighted by molar-refractivity contribution is 5.76. The molecule has 1 aromatic rings. The maximum Gasteiger partial charge on any atom is 0.220 e. The molecule has 1 amide bonds. The van der Waals surface area contributed by atoms with Crippen molar-refractivity contribution in [2.45, 2.75) is 38.5 Å². The smallest absolute Gasteiger partial charge is 0.220 e. The summed E-state index contributed by atoms with van der Waals surface area (Å²) in [6.45, 7) is 0.679. The van der Waals surface area contributed by atoms with Crippen molar-refractivity contribution >= 4 is 5.91 Å². The average molecular weight is 233 g/mol. The van der Waals surface area contributed by atoms with E-state index in [-0.39, 0.29) is 5.91 Å². The SMILES string of the molecule is O=C(CC1CCCC1)NCCc1cncnc1. The maximum absolute atomic E-state index is 11.6. The van der Waals surface area contributed by atoms with Crippen molar-refractivity contribution < 1.29 is 4.79 Å². The first-order valence-corrected chi connectivity index (χ1v) is 6.35. The molecule has 2 rings (SSSR count). The van der Waals surface area contributed by atoms with Crippen LogP contribution < -0.4 is 5.32 Å². The number of carbonyl (C=O) groups is 1. The molecule has 0 unspecified atom stereocenters. The van der Waals surface area contributed by atoms with Crippen molar-refractivity contribution in [2.24, 2.45) is 5.92 Å². The number of nitrogens with one attached hydrogen (secondary N) is 1. The fraction of sp³-hybridized carbons (Fsp3) is 0.615. The number of carbonyl (C=O) groups excluding carboxylic acids is 1. The Hall–Kier alpha value is -1.45. The van der Waals surface area contributed by atoms with Gasteiger partial charge in [-0.3, -0.25) is 4.79 Å². The average Bonchev–Trinajstić information content (AvgIpc) is 2.83. The van der Waals surface area contributed by atoms with E-state index in [0.717, 1.165) is 12.0 Å². The Labute approximate surface area is 102 Å². The lowest BCUT2D eigenvalue weighted by Gasteiger charge is -2.09. The fourth-order valence-corrected chi connectivity index (χ4v) is 2.35. The summed E-state index contributed by atoms with van der Waals surface area (Å²) in [5.74, 6) is 0.809. The fourth-order valence-electron chi connectivity index (χ4n) is 2.35. The van der Waals surface area contributed by atoms with Crippen LogP contribution in [0.4, 0.5) is 0 Å². The van der Waals surface area contributed by atoms with Crippen LogP contribution in [-0.4, -0.2) is 22.4 Å². The predicted molar refractivity (Wildman–Crippen MR) is 65.3 cm³/mol. The van der Waals surface area contributed by atoms with Crippen LogP contribution >= 0.6 is 0 Å². The van der Waals surface area contributed by atoms with Crippen LogP contribution in [0.1, 0.15) is 37.7 Å². The van der Waals surface area contributed by atoms with Crippen molar-refractivity contribution in [1.29, 1.82) is 0 Å². The quantitative estimate of drug-likeness (QED) is 0.842. The molecule has 0 aromatic carbocycles. The molecule has 0 atom stereocenters. The highest BCUT2D eigenvalue weighted by Crippen LogP contribution is 2.27. The number of amides is 1. The Bertz CT molecular complexity index is 347. The van der Waals surface area contributed by atoms with Gasteiger partial charge < -0.3 is 5.32 Å². The van der Waals surface area contributed by atoms with Crippen LogP contribution in [0.3, 0.4) is 0 Å². The second-order valence-electron chi connectivity index (χ2n) is 4.70. The molecule has 1 saturated carbocycles. The van der Waals surface area contributed by atoms with E-state index < -0.39 is 0 Å². The van der Waals surface area contributed by atoms with Gasteiger partial charge in [-0.2, -0.15) is 0 Å². The molecular weight excluding hydrogens is 214 g/mol. The zero-order valence-electron chi connectivity index (χ0n) is 10.1. The topological polar surface area (TPSA) is 54.9 Å². The van der Waals surface area contributed by atoms with Crippen molar-refractivity contribution in [3.05, 3.63) is 24.3 Å². The van der Waals surface area contributed by atoms with Crippen molar-refractivity contribution in [3.8, 4) is 0 Å². The summed E-state index contributed by atoms with van der Waals surface area (Å²) in [6.07, 6.45) is 11.6. The zero-order chi connectivity index (χ0) is 11.9. The van der Waals surface area contributed by atoms with E-state index >= 15 is 0 Å². The molecule has 0 saturated heterocycles. The van der Waals surface area contributed by atoms with Crippen molar-refractivity contribution in [2.75, 3.05) is 6.54 Å². The highest BCUT2D eigenvalue weighted by atomic mass is 16.1. The molecular formula is C13H19N3O. The normalized spacial score (nSPS) is 16.0. The van der Waals surface area contributed by atoms with Crippen molar-refractivity contribution in [3.63, 3.8) is 0 Å². The largest absolute Gasteiger partial charge is 0.356 e. The summed E-state index contributed by atoms with van der Waals surface area (Å²) < 4.78 is 0. The van der Waals surface area contributed by atoms with Crippen LogP contribution in [0, 0.1) is 5.92 Å². The van der Waals surface area contributed by atoms with Gasteiger partial charge in [0.05, 0.1) is 0 Å². The Morgan fingerprint density at radius 2 is 2.00 bits per heavy atom. The van der Waals surface area contributed by atoms with Gasteiger partial charge >= 0.3 is 0 Å². The molecule has 4 nitrogen and oxygen atoms in total. The monoisotopic (exact) mass is 233 g/mol. The second kappa shape index (κ2) is 6.33. The molecule has 0 radical (unpaired) electrons. The van der Waals surface area contributed by atoms with Gasteiger partial charge in [-0.05, 0) is 30.7 Å². The third-order valence-corrected chi connectivity index (χ3v) is 3.30. The van der Waals surface area contributed by atoms with E-state index in [2.05, 4.69) is 15.3 Å². The molecule has 17 heavy (non-hydrogen) atoms. The summed E-state index contributed by atoms with van der Waals surface area (Å²) in [4.78, 5) is 19.5. The molecule has 1 aliphatic carbocycles. The highest BCUT2D eigenvalue weighted by Gasteiger charge is 2.17. The minimum Gasteiger partial charge on any atom is -0.356 e. The Kier molecular flexibility index (Phi) is 4.47. The lowest BCUT2D eigenvalue weighted by atomic mass is 10.0. The first-order chi connectivity index (χ1) is 8.34. The standard InChI is InChI=1S/C13H19N3O/c17-13(7-11-3-1-2-4-11)16-6-5-12-8-14-10-15-9-12/h8-11H,1-7H2,(H,16,17). The summed E-state index contributed by atoms with van der Waals surface area (Å²) in [5, 5.41) is 2.96. The molecule has 0 spiro atoms. The van der Waals surface area contributed by atoms with Gasteiger partial charge in [-0.25, -0.2) is 9.97 Å². The molecule has 1 aromatic heterocycles. The molecule has 92 valence electrons. The third-order valence-electron chi connectivity index (χ3n) is 3.30. The lowest BCUT2D eigenvalue weighted by Crippen LogP contribution is -2.27. The van der Waals surface area contributed by atoms with Gasteiger partial charge in [0.2, 0.25) is 5.91 Å². The lowest BCUT2D eigenvalue weighted by molar-refractivity contribution is -0.121. The maximum atomic E-state index is 11.6. The molecule has 0 bridgehead atoms. The van der Waals surface area contributed by atoms with Gasteiger partial charge in [0.15, 0.2) is 0 Å². The van der Waals surface area contributed by atoms with Gasteiger partial charge in [0.25, 0.3) is 0 Å². The van der Waals surface area contributed by atoms with E-state index in [1.165, 1.54) is 32.0 Å². The minimum absolute atomic E-state index is 0.189. The van der Waals surface area contributed by atoms with Crippen LogP contribution in [0.5, 0.6) is 0 Å². The van der Waals surface area contributed by atoms with E-state index in [9.17, 15) is 4.79 Å². The molecule has 1 N–H and O–H groups in total. The van der Waals surface area contributed by atoms with E-state index in [0.29, 0.717) is 18.9 Å². The summed E-state index contributed by atoms with van der Waals surface area (Å²) in [7, 11) is 0. The number of hydrogen-bond acceptors (Lipinski definition) is 3. The van der Waals surface area contributed by atoms with E-state index in [4.69, 9.17) is 0 Å². The van der Waals surface area contributed by atoms with Crippen LogP contribution in [0.15, 0.2) is 18.7 Å². The Morgan fingerprint density at radius 3 is 2.71 bits per heavy atom. The third kappa shape index (κ3) is 4.13. The van der Waals surface area contributed by atoms with Gasteiger partial charge in [-0.1, -0.05) is 12.8 Å². The Balaban J connectivity index is 1.63. The van der Waals surface area contributed by atoms with Gasteiger partial charge in [0.1, 0.15) is 6.33 Å². The van der Waals surface area contributed by atoms with Crippen LogP contribution in [-0.2, 0) is 11.2 Å². The van der Waals surface area contributed by atoms with Crippen LogP contribution in [0.25, 0.3) is 0 Å². The first-order valence-electron chi connectivity index (χ1n) is 6.35. The van der Waals surface area contributed by atoms with Gasteiger partial charge in [0, 0.05) is 25.4 Å². The number of rotatable bonds is 5. The minimum atomic E-state index is 0.189. The van der Waals surface area contributed by atoms with E-state index in [1.54, 1.807) is 12.4 Å². The molecule has 1 heterocycles. The summed E-state index contributed by atoms with van der Waals surface area (Å²) in [6, 6.07) is 0. The van der Waals surface area contributed by atoms with Gasteiger partial charge in [-0.15, -0.1) is 0 Å². The molecule has 1 aliphatic rings. The zero-order valence-corrected chi connectivity index (χ0v) is 10.1. The second-order valence-corrected chi connectivity index (χ2v) is 4.70. The molecule has 1 fully saturated rings. The molecule has 4 heteroatoms. The number of nitrogens with zero attached hydrogens (tertiary/aromatic N) is 2. The number of hydrogen-bond donors (Lipinski definition) is 1. The predicted octanol–water partition coefficient (Wildman–Crippen LogP) is 1.72. The molecule has 0 aliphatic heterocycles. The first kappa shape index (κ1) is 12.0. The number of aromatic nitrogens is 2. The Morgan fingerprint density at radius 1 is 1.29 bits per heavy atom. The van der Waals surface area contributed by atoms with Crippen molar-refractivity contribution in [1.82, 2.24) is 15.3 Å². The van der Waals surface area contributed by atoms with E-state index in [1.807, 2.05) is 0 Å². The summed E-state index contributed by atoms with van der Waals surface area (Å²) >= 11 is 0. The summed E-state index contributed by atoms with van der Waals surface area (Å²) in [5.41, 5.74) is 1.06. The van der Waals surface area contributed by atoms with Crippen LogP contribution in [0.2, 0.25) is 0 Å².